The number of benzene rings is 1. The van der Waals surface area contributed by atoms with Gasteiger partial charge in [0.05, 0.1) is 40.0 Å². The van der Waals surface area contributed by atoms with Crippen molar-refractivity contribution in [2.75, 3.05) is 19.6 Å². The maximum absolute atomic E-state index is 9.36. The van der Waals surface area contributed by atoms with Crippen molar-refractivity contribution in [2.45, 2.75) is 44.8 Å². The van der Waals surface area contributed by atoms with Gasteiger partial charge in [-0.1, -0.05) is 6.07 Å². The molecule has 3 aliphatic rings. The minimum atomic E-state index is -0.366. The minimum absolute atomic E-state index is 0.185. The topological polar surface area (TPSA) is 95.7 Å². The van der Waals surface area contributed by atoms with Crippen LogP contribution in [0.3, 0.4) is 0 Å². The van der Waals surface area contributed by atoms with Crippen LogP contribution in [0.2, 0.25) is 0 Å². The molecule has 8 rings (SSSR count). The fourth-order valence-electron chi connectivity index (χ4n) is 6.91. The predicted octanol–water partition coefficient (Wildman–Crippen LogP) is 5.67. The quantitative estimate of drug-likeness (QED) is 0.311. The zero-order valence-electron chi connectivity index (χ0n) is 22.1. The van der Waals surface area contributed by atoms with Gasteiger partial charge in [0.1, 0.15) is 11.2 Å². The number of ether oxygens (including phenoxy) is 1. The average Bonchev–Trinajstić information content (AvgIpc) is 3.44. The number of hydrogen-bond acceptors (Lipinski definition) is 7. The lowest BCUT2D eigenvalue weighted by Gasteiger charge is -2.27. The van der Waals surface area contributed by atoms with E-state index in [0.29, 0.717) is 13.0 Å². The molecule has 2 fully saturated rings. The summed E-state index contributed by atoms with van der Waals surface area (Å²) in [5.41, 5.74) is 7.64. The molecule has 1 N–H and O–H groups in total. The zero-order chi connectivity index (χ0) is 26.4. The van der Waals surface area contributed by atoms with E-state index in [1.54, 1.807) is 11.3 Å². The number of pyridine rings is 1. The lowest BCUT2D eigenvalue weighted by Crippen LogP contribution is -2.34. The first-order valence-corrected chi connectivity index (χ1v) is 14.4. The van der Waals surface area contributed by atoms with Gasteiger partial charge in [0.15, 0.2) is 0 Å². The van der Waals surface area contributed by atoms with E-state index in [1.807, 2.05) is 37.2 Å². The van der Waals surface area contributed by atoms with Crippen LogP contribution < -0.4 is 0 Å². The predicted molar refractivity (Wildman–Crippen MR) is 151 cm³/mol. The summed E-state index contributed by atoms with van der Waals surface area (Å²) in [6.07, 6.45) is 9.81. The van der Waals surface area contributed by atoms with Crippen LogP contribution in [0.15, 0.2) is 36.8 Å². The molecule has 2 aliphatic heterocycles. The number of thiazole rings is 1. The lowest BCUT2D eigenvalue weighted by atomic mass is 9.87. The Kier molecular flexibility index (Phi) is 4.91. The summed E-state index contributed by atoms with van der Waals surface area (Å²) in [4.78, 5) is 16.8. The van der Waals surface area contributed by atoms with Crippen LogP contribution in [0.1, 0.15) is 41.8 Å². The Hall–Kier alpha value is -3.58. The Morgan fingerprint density at radius 1 is 1.18 bits per heavy atom. The van der Waals surface area contributed by atoms with Crippen molar-refractivity contribution in [1.82, 2.24) is 29.6 Å². The molecule has 8 nitrogen and oxygen atoms in total. The Bertz CT molecular complexity index is 1820. The van der Waals surface area contributed by atoms with Crippen LogP contribution in [0.5, 0.6) is 0 Å². The molecule has 39 heavy (non-hydrogen) atoms. The third-order valence-corrected chi connectivity index (χ3v) is 9.97. The third kappa shape index (κ3) is 3.52. The van der Waals surface area contributed by atoms with Crippen molar-refractivity contribution >= 4 is 33.3 Å². The molecule has 6 heterocycles. The second-order valence-corrected chi connectivity index (χ2v) is 12.9. The summed E-state index contributed by atoms with van der Waals surface area (Å²) in [6.45, 7) is 5.45. The number of aryl methyl sites for hydroxylation is 2. The van der Waals surface area contributed by atoms with Crippen molar-refractivity contribution in [3.05, 3.63) is 52.9 Å². The number of fused-ring (bicyclic) bond motifs is 5. The van der Waals surface area contributed by atoms with Crippen molar-refractivity contribution in [1.29, 1.82) is 5.26 Å². The summed E-state index contributed by atoms with van der Waals surface area (Å²) in [5, 5.41) is 17.1. The zero-order valence-corrected chi connectivity index (χ0v) is 22.9. The number of nitriles is 1. The van der Waals surface area contributed by atoms with E-state index in [-0.39, 0.29) is 11.0 Å². The van der Waals surface area contributed by atoms with Crippen LogP contribution in [0.25, 0.3) is 43.6 Å². The Labute approximate surface area is 230 Å². The standard InChI is InChI=1S/C30H29N7OS/c1-18-32-14-23(39-18)27-24(19-3-4-22-20(11-19)13-34-36(22)2)25-26-21(12-33-28(25)35-27)15-38-30(26)8-10-37(17-30)16-29(5-6-29)7-9-31/h3-4,11-14H,5-8,10,15-17H2,1-2H3,(H,33,35)/t30-/m0/s1. The molecule has 1 atom stereocenters. The summed E-state index contributed by atoms with van der Waals surface area (Å²) in [5.74, 6) is 0. The van der Waals surface area contributed by atoms with Crippen LogP contribution in [0, 0.1) is 23.7 Å². The molecule has 1 saturated heterocycles. The van der Waals surface area contributed by atoms with Crippen LogP contribution in [-0.2, 0) is 24.0 Å². The average molecular weight is 536 g/mol. The van der Waals surface area contributed by atoms with E-state index in [4.69, 9.17) is 9.72 Å². The molecule has 0 unspecified atom stereocenters. The lowest BCUT2D eigenvalue weighted by molar-refractivity contribution is -0.0296. The largest absolute Gasteiger partial charge is 0.364 e. The first kappa shape index (κ1) is 23.3. The number of hydrogen-bond donors (Lipinski definition) is 1. The highest BCUT2D eigenvalue weighted by Crippen LogP contribution is 2.53. The van der Waals surface area contributed by atoms with Crippen LogP contribution in [-0.4, -0.2) is 49.3 Å². The first-order chi connectivity index (χ1) is 19.0. The number of rotatable bonds is 5. The Balaban J connectivity index is 1.31. The molecule has 1 aromatic carbocycles. The van der Waals surface area contributed by atoms with Gasteiger partial charge in [-0.2, -0.15) is 10.4 Å². The second-order valence-electron chi connectivity index (χ2n) is 11.6. The van der Waals surface area contributed by atoms with E-state index in [1.165, 1.54) is 11.1 Å². The Morgan fingerprint density at radius 2 is 2.08 bits per heavy atom. The molecule has 5 aromatic rings. The highest BCUT2D eigenvalue weighted by Gasteiger charge is 2.51. The molecular weight excluding hydrogens is 506 g/mol. The van der Waals surface area contributed by atoms with E-state index in [0.717, 1.165) is 87.5 Å². The molecule has 4 aromatic heterocycles. The number of likely N-dealkylation sites (tertiary alicyclic amines) is 1. The van der Waals surface area contributed by atoms with Gasteiger partial charge in [-0.15, -0.1) is 11.3 Å². The summed E-state index contributed by atoms with van der Waals surface area (Å²) < 4.78 is 8.62. The van der Waals surface area contributed by atoms with Gasteiger partial charge in [0.2, 0.25) is 0 Å². The SMILES string of the molecule is Cc1ncc(-c2[nH]c3ncc4c(c3c2-c2ccc3c(cnn3C)c2)[C@@]2(CCN(CC3(CC#N)CC3)C2)OC4)s1. The van der Waals surface area contributed by atoms with Crippen molar-refractivity contribution in [3.63, 3.8) is 0 Å². The van der Waals surface area contributed by atoms with Gasteiger partial charge in [0, 0.05) is 73.0 Å². The van der Waals surface area contributed by atoms with E-state index in [2.05, 4.69) is 44.2 Å². The molecule has 1 spiro atoms. The normalized spacial score (nSPS) is 21.8. The molecule has 0 amide bonds. The second kappa shape index (κ2) is 8.21. The van der Waals surface area contributed by atoms with Crippen molar-refractivity contribution in [2.24, 2.45) is 12.5 Å². The van der Waals surface area contributed by atoms with Crippen LogP contribution in [0.4, 0.5) is 0 Å². The molecule has 0 bridgehead atoms. The first-order valence-electron chi connectivity index (χ1n) is 13.6. The van der Waals surface area contributed by atoms with Crippen molar-refractivity contribution in [3.8, 4) is 27.8 Å². The van der Waals surface area contributed by atoms with Crippen molar-refractivity contribution < 1.29 is 4.74 Å². The maximum Gasteiger partial charge on any atom is 0.138 e. The van der Waals surface area contributed by atoms with Gasteiger partial charge in [-0.3, -0.25) is 9.58 Å². The van der Waals surface area contributed by atoms with Gasteiger partial charge in [-0.05, 0) is 49.3 Å². The third-order valence-electron chi connectivity index (χ3n) is 9.04. The van der Waals surface area contributed by atoms with E-state index >= 15 is 0 Å². The maximum atomic E-state index is 9.36. The summed E-state index contributed by atoms with van der Waals surface area (Å²) >= 11 is 1.70. The molecule has 1 saturated carbocycles. The van der Waals surface area contributed by atoms with Gasteiger partial charge < -0.3 is 9.72 Å². The smallest absolute Gasteiger partial charge is 0.138 e. The molecule has 0 radical (unpaired) electrons. The summed E-state index contributed by atoms with van der Waals surface area (Å²) in [6, 6.07) is 9.02. The van der Waals surface area contributed by atoms with E-state index < -0.39 is 0 Å². The monoisotopic (exact) mass is 535 g/mol. The molecular formula is C30H29N7OS. The fraction of sp³-hybridized carbons (Fsp3) is 0.400. The fourth-order valence-corrected chi connectivity index (χ4v) is 7.69. The van der Waals surface area contributed by atoms with Gasteiger partial charge >= 0.3 is 0 Å². The number of nitrogens with zero attached hydrogens (tertiary/aromatic N) is 6. The highest BCUT2D eigenvalue weighted by atomic mass is 32.1. The number of H-pyrrole nitrogens is 1. The number of aromatic nitrogens is 5. The van der Waals surface area contributed by atoms with Crippen LogP contribution >= 0.6 is 11.3 Å². The number of aromatic amines is 1. The molecule has 1 aliphatic carbocycles. The molecule has 196 valence electrons. The highest BCUT2D eigenvalue weighted by molar-refractivity contribution is 7.15. The molecule has 9 heteroatoms. The van der Waals surface area contributed by atoms with E-state index in [9.17, 15) is 5.26 Å². The summed E-state index contributed by atoms with van der Waals surface area (Å²) in [7, 11) is 1.98. The minimum Gasteiger partial charge on any atom is -0.364 e. The van der Waals surface area contributed by atoms with Gasteiger partial charge in [-0.25, -0.2) is 9.97 Å². The Morgan fingerprint density at radius 3 is 2.87 bits per heavy atom. The van der Waals surface area contributed by atoms with Gasteiger partial charge in [0.25, 0.3) is 0 Å². The number of nitrogens with one attached hydrogen (secondary N) is 1.